The quantitative estimate of drug-likeness (QED) is 0.687. The molecule has 1 atom stereocenters. The Morgan fingerprint density at radius 2 is 1.69 bits per heavy atom. The number of phenolic OH excluding ortho intramolecular Hbond substituents is 1. The van der Waals surface area contributed by atoms with Gasteiger partial charge in [-0.05, 0) is 24.6 Å². The second-order valence-corrected chi connectivity index (χ2v) is 5.47. The number of carbonyl (C=O) groups excluding carboxylic acids is 3. The second-order valence-electron chi connectivity index (χ2n) is 5.47. The summed E-state index contributed by atoms with van der Waals surface area (Å²) in [6.45, 7) is 2.08. The van der Waals surface area contributed by atoms with E-state index in [4.69, 9.17) is 4.74 Å². The van der Waals surface area contributed by atoms with Crippen LogP contribution in [0, 0.1) is 0 Å². The Balaban J connectivity index is 2.10. The van der Waals surface area contributed by atoms with E-state index in [0.29, 0.717) is 17.7 Å². The second kappa shape index (κ2) is 9.22. The number of nitrogens with one attached hydrogen (secondary N) is 2. The molecule has 0 aromatic heterocycles. The summed E-state index contributed by atoms with van der Waals surface area (Å²) in [5, 5.41) is 13.9. The van der Waals surface area contributed by atoms with Crippen molar-refractivity contribution in [1.82, 2.24) is 10.6 Å². The molecule has 0 aliphatic rings. The maximum Gasteiger partial charge on any atom is 0.321 e. The van der Waals surface area contributed by atoms with Crippen molar-refractivity contribution in [1.29, 1.82) is 0 Å². The van der Waals surface area contributed by atoms with Crippen molar-refractivity contribution in [3.63, 3.8) is 0 Å². The van der Waals surface area contributed by atoms with Gasteiger partial charge in [-0.15, -0.1) is 0 Å². The summed E-state index contributed by atoms with van der Waals surface area (Å²) in [7, 11) is 0. The van der Waals surface area contributed by atoms with Gasteiger partial charge >= 0.3 is 12.0 Å². The van der Waals surface area contributed by atoms with Crippen LogP contribution in [0.1, 0.15) is 24.2 Å². The van der Waals surface area contributed by atoms with E-state index in [0.717, 1.165) is 0 Å². The highest BCUT2D eigenvalue weighted by molar-refractivity contribution is 5.97. The number of imide groups is 1. The third kappa shape index (κ3) is 5.62. The summed E-state index contributed by atoms with van der Waals surface area (Å²) in [6.07, 6.45) is -1.32. The number of hydrogen-bond donors (Lipinski definition) is 3. The standard InChI is InChI=1S/C19H20N2O5/c1-2-20-19(25)21-18(24)17(14-6-4-3-5-7-14)26-16(23)12-13-8-10-15(22)11-9-13/h3-11,17,22H,2,12H2,1H3,(H2,20,21,24,25)/t17-/m1/s1. The minimum atomic E-state index is -1.25. The fourth-order valence-electron chi connectivity index (χ4n) is 2.24. The molecule has 0 unspecified atom stereocenters. The van der Waals surface area contributed by atoms with Crippen molar-refractivity contribution in [2.45, 2.75) is 19.4 Å². The van der Waals surface area contributed by atoms with E-state index in [9.17, 15) is 19.5 Å². The first-order valence-electron chi connectivity index (χ1n) is 8.10. The lowest BCUT2D eigenvalue weighted by Gasteiger charge is -2.17. The molecule has 0 saturated carbocycles. The van der Waals surface area contributed by atoms with E-state index in [2.05, 4.69) is 10.6 Å². The van der Waals surface area contributed by atoms with Crippen LogP contribution in [0.15, 0.2) is 54.6 Å². The largest absolute Gasteiger partial charge is 0.508 e. The summed E-state index contributed by atoms with van der Waals surface area (Å²) in [6, 6.07) is 13.9. The molecule has 2 aromatic carbocycles. The minimum absolute atomic E-state index is 0.0714. The third-order valence-electron chi connectivity index (χ3n) is 3.45. The topological polar surface area (TPSA) is 105 Å². The number of urea groups is 1. The molecule has 7 nitrogen and oxygen atoms in total. The van der Waals surface area contributed by atoms with E-state index >= 15 is 0 Å². The fourth-order valence-corrected chi connectivity index (χ4v) is 2.24. The van der Waals surface area contributed by atoms with Gasteiger partial charge in [-0.2, -0.15) is 0 Å². The Hall–Kier alpha value is -3.35. The molecule has 3 amide bonds. The molecule has 0 heterocycles. The molecule has 0 spiro atoms. The van der Waals surface area contributed by atoms with Gasteiger partial charge < -0.3 is 15.2 Å². The SMILES string of the molecule is CCNC(=O)NC(=O)[C@H](OC(=O)Cc1ccc(O)cc1)c1ccccc1. The van der Waals surface area contributed by atoms with Gasteiger partial charge in [0.1, 0.15) is 5.75 Å². The number of hydrogen-bond acceptors (Lipinski definition) is 5. The van der Waals surface area contributed by atoms with Gasteiger partial charge in [0.15, 0.2) is 0 Å². The molecule has 0 bridgehead atoms. The molecule has 0 aliphatic carbocycles. The number of rotatable bonds is 6. The number of carbonyl (C=O) groups is 3. The van der Waals surface area contributed by atoms with Crippen molar-refractivity contribution in [3.8, 4) is 5.75 Å². The average molecular weight is 356 g/mol. The van der Waals surface area contributed by atoms with Crippen molar-refractivity contribution < 1.29 is 24.2 Å². The number of phenols is 1. The number of aromatic hydroxyl groups is 1. The first-order chi connectivity index (χ1) is 12.5. The summed E-state index contributed by atoms with van der Waals surface area (Å²) >= 11 is 0. The normalized spacial score (nSPS) is 11.3. The lowest BCUT2D eigenvalue weighted by molar-refractivity contribution is -0.155. The van der Waals surface area contributed by atoms with Gasteiger partial charge in [0.25, 0.3) is 5.91 Å². The molecule has 7 heteroatoms. The molecule has 0 aliphatic heterocycles. The van der Waals surface area contributed by atoms with Gasteiger partial charge in [0.2, 0.25) is 6.10 Å². The number of benzene rings is 2. The third-order valence-corrected chi connectivity index (χ3v) is 3.45. The zero-order valence-corrected chi connectivity index (χ0v) is 14.3. The van der Waals surface area contributed by atoms with E-state index in [-0.39, 0.29) is 12.2 Å². The van der Waals surface area contributed by atoms with Crippen LogP contribution in [0.2, 0.25) is 0 Å². The van der Waals surface area contributed by atoms with Crippen molar-refractivity contribution >= 4 is 17.9 Å². The molecule has 0 saturated heterocycles. The Labute approximate surface area is 151 Å². The highest BCUT2D eigenvalue weighted by Gasteiger charge is 2.26. The van der Waals surface area contributed by atoms with Gasteiger partial charge in [-0.3, -0.25) is 14.9 Å². The Kier molecular flexibility index (Phi) is 6.73. The summed E-state index contributed by atoms with van der Waals surface area (Å²) in [5.41, 5.74) is 1.08. The van der Waals surface area contributed by atoms with Crippen molar-refractivity contribution in [2.24, 2.45) is 0 Å². The van der Waals surface area contributed by atoms with Gasteiger partial charge in [0.05, 0.1) is 6.42 Å². The highest BCUT2D eigenvalue weighted by Crippen LogP contribution is 2.19. The predicted molar refractivity (Wildman–Crippen MR) is 94.3 cm³/mol. The lowest BCUT2D eigenvalue weighted by Crippen LogP contribution is -2.42. The lowest BCUT2D eigenvalue weighted by atomic mass is 10.1. The fraction of sp³-hybridized carbons (Fsp3) is 0.211. The zero-order chi connectivity index (χ0) is 18.9. The Morgan fingerprint density at radius 3 is 2.31 bits per heavy atom. The Morgan fingerprint density at radius 1 is 1.04 bits per heavy atom. The van der Waals surface area contributed by atoms with Gasteiger partial charge in [0, 0.05) is 12.1 Å². The van der Waals surface area contributed by atoms with Crippen molar-refractivity contribution in [3.05, 3.63) is 65.7 Å². The molecule has 3 N–H and O–H groups in total. The Bertz CT molecular complexity index is 759. The molecular weight excluding hydrogens is 336 g/mol. The van der Waals surface area contributed by atoms with Crippen LogP contribution in [0.25, 0.3) is 0 Å². The molecule has 26 heavy (non-hydrogen) atoms. The number of esters is 1. The van der Waals surface area contributed by atoms with Crippen molar-refractivity contribution in [2.75, 3.05) is 6.54 Å². The summed E-state index contributed by atoms with van der Waals surface area (Å²) in [5.74, 6) is -1.28. The monoisotopic (exact) mass is 356 g/mol. The van der Waals surface area contributed by atoms with Crippen LogP contribution in [0.4, 0.5) is 4.79 Å². The predicted octanol–water partition coefficient (Wildman–Crippen LogP) is 2.06. The first kappa shape index (κ1) is 19.0. The van der Waals surface area contributed by atoms with E-state index in [1.165, 1.54) is 12.1 Å². The summed E-state index contributed by atoms with van der Waals surface area (Å²) in [4.78, 5) is 36.2. The van der Waals surface area contributed by atoms with Crippen LogP contribution in [-0.4, -0.2) is 29.6 Å². The average Bonchev–Trinajstić information content (AvgIpc) is 2.62. The van der Waals surface area contributed by atoms with Crippen LogP contribution in [0.3, 0.4) is 0 Å². The van der Waals surface area contributed by atoms with E-state index < -0.39 is 24.0 Å². The molecule has 2 aromatic rings. The molecule has 136 valence electrons. The molecule has 0 radical (unpaired) electrons. The smallest absolute Gasteiger partial charge is 0.321 e. The van der Waals surface area contributed by atoms with Gasteiger partial charge in [-0.25, -0.2) is 4.79 Å². The van der Waals surface area contributed by atoms with E-state index in [1.54, 1.807) is 49.4 Å². The number of ether oxygens (including phenoxy) is 1. The van der Waals surface area contributed by atoms with Crippen LogP contribution < -0.4 is 10.6 Å². The molecule has 0 fully saturated rings. The number of amides is 3. The first-order valence-corrected chi connectivity index (χ1v) is 8.10. The zero-order valence-electron chi connectivity index (χ0n) is 14.3. The van der Waals surface area contributed by atoms with Crippen LogP contribution >= 0.6 is 0 Å². The minimum Gasteiger partial charge on any atom is -0.508 e. The van der Waals surface area contributed by atoms with Crippen LogP contribution in [-0.2, 0) is 20.7 Å². The van der Waals surface area contributed by atoms with Gasteiger partial charge in [-0.1, -0.05) is 42.5 Å². The summed E-state index contributed by atoms with van der Waals surface area (Å²) < 4.78 is 5.32. The highest BCUT2D eigenvalue weighted by atomic mass is 16.5. The maximum atomic E-state index is 12.4. The molecular formula is C19H20N2O5. The molecule has 2 rings (SSSR count). The maximum absolute atomic E-state index is 12.4. The van der Waals surface area contributed by atoms with Crippen LogP contribution in [0.5, 0.6) is 5.75 Å². The van der Waals surface area contributed by atoms with E-state index in [1.807, 2.05) is 0 Å².